The highest BCUT2D eigenvalue weighted by Gasteiger charge is 2.30. The van der Waals surface area contributed by atoms with Gasteiger partial charge in [-0.2, -0.15) is 0 Å². The Morgan fingerprint density at radius 2 is 1.95 bits per heavy atom. The van der Waals surface area contributed by atoms with Gasteiger partial charge in [0.15, 0.2) is 5.78 Å². The molecule has 5 rings (SSSR count). The normalized spacial score (nSPS) is 21.1. The number of hydrogen-bond donors (Lipinski definition) is 1. The molecule has 0 radical (unpaired) electrons. The van der Waals surface area contributed by atoms with Crippen LogP contribution in [0.4, 0.5) is 5.95 Å². The number of benzene rings is 1. The van der Waals surface area contributed by atoms with Crippen molar-refractivity contribution in [1.29, 1.82) is 0 Å². The molecule has 0 spiro atoms. The first-order valence-electron chi connectivity index (χ1n) is 13.3. The molecule has 1 N–H and O–H groups in total. The Hall–Kier alpha value is -2.98. The van der Waals surface area contributed by atoms with Crippen LogP contribution in [0.2, 0.25) is 10.0 Å². The largest absolute Gasteiger partial charge is 0.495 e. The van der Waals surface area contributed by atoms with Gasteiger partial charge in [-0.25, -0.2) is 9.97 Å². The molecule has 2 aliphatic rings. The van der Waals surface area contributed by atoms with Gasteiger partial charge in [-0.3, -0.25) is 9.78 Å². The molecule has 2 fully saturated rings. The van der Waals surface area contributed by atoms with E-state index >= 15 is 0 Å². The molecule has 1 aromatic carbocycles. The van der Waals surface area contributed by atoms with Crippen molar-refractivity contribution in [3.8, 4) is 22.8 Å². The summed E-state index contributed by atoms with van der Waals surface area (Å²) in [6.45, 7) is 6.59. The fourth-order valence-electron chi connectivity index (χ4n) is 5.49. The number of anilines is 1. The third-order valence-corrected chi connectivity index (χ3v) is 8.39. The lowest BCUT2D eigenvalue weighted by atomic mass is 9.97. The number of likely N-dealkylation sites (tertiary alicyclic amines) is 1. The van der Waals surface area contributed by atoms with E-state index in [4.69, 9.17) is 47.4 Å². The van der Waals surface area contributed by atoms with Crippen molar-refractivity contribution in [3.63, 3.8) is 0 Å². The number of pyridine rings is 1. The third kappa shape index (κ3) is 5.88. The number of ketones is 1. The number of halogens is 2. The number of hydrogen-bond acceptors (Lipinski definition) is 9. The van der Waals surface area contributed by atoms with Gasteiger partial charge in [0.2, 0.25) is 5.95 Å². The van der Waals surface area contributed by atoms with Gasteiger partial charge in [0.05, 0.1) is 60.4 Å². The van der Waals surface area contributed by atoms with Gasteiger partial charge in [0.1, 0.15) is 11.5 Å². The van der Waals surface area contributed by atoms with Crippen molar-refractivity contribution in [2.24, 2.45) is 11.8 Å². The van der Waals surface area contributed by atoms with Crippen molar-refractivity contribution < 1.29 is 19.0 Å². The molecule has 0 bridgehead atoms. The summed E-state index contributed by atoms with van der Waals surface area (Å²) in [6.07, 6.45) is 5.32. The van der Waals surface area contributed by atoms with Gasteiger partial charge in [-0.1, -0.05) is 29.8 Å². The fourth-order valence-corrected chi connectivity index (χ4v) is 6.18. The lowest BCUT2D eigenvalue weighted by molar-refractivity contribution is -0.115. The van der Waals surface area contributed by atoms with E-state index < -0.39 is 0 Å². The monoisotopic (exact) mass is 585 g/mol. The molecule has 212 valence electrons. The van der Waals surface area contributed by atoms with E-state index in [-0.39, 0.29) is 17.7 Å². The smallest absolute Gasteiger partial charge is 0.223 e. The Balaban J connectivity index is 1.56. The standard InChI is InChI=1S/C29H33Cl2N5O4/c1-5-19(37)9-18-14-40-15-22(18)34-29-32-12-17-10-20(25-26(30)23(38-3)11-24(39-4)27(25)31)33-21(28(17)35-29)8-16-6-7-36(2)13-16/h5,10-12,16,18,22H,1,6-9,13-15H2,2-4H3,(H,32,34,35)/t16?,18-,22+/m0/s1. The number of allylic oxidation sites excluding steroid dienone is 1. The highest BCUT2D eigenvalue weighted by atomic mass is 35.5. The molecule has 3 atom stereocenters. The molecule has 0 amide bonds. The number of methoxy groups -OCH3 is 2. The highest BCUT2D eigenvalue weighted by Crippen LogP contribution is 2.46. The van der Waals surface area contributed by atoms with Crippen LogP contribution in [0.15, 0.2) is 31.0 Å². The molecule has 2 saturated heterocycles. The maximum atomic E-state index is 12.0. The summed E-state index contributed by atoms with van der Waals surface area (Å²) in [5.74, 6) is 1.80. The SMILES string of the molecule is C=CC(=O)C[C@H]1COC[C@H]1Nc1ncc2cc(-c3c(Cl)c(OC)cc(OC)c3Cl)nc(CC3CCN(C)C3)c2n1. The summed E-state index contributed by atoms with van der Waals surface area (Å²) in [6, 6.07) is 3.47. The molecule has 4 heterocycles. The zero-order valence-electron chi connectivity index (χ0n) is 22.9. The third-order valence-electron chi connectivity index (χ3n) is 7.64. The van der Waals surface area contributed by atoms with E-state index in [2.05, 4.69) is 28.8 Å². The van der Waals surface area contributed by atoms with Gasteiger partial charge in [-0.15, -0.1) is 0 Å². The van der Waals surface area contributed by atoms with Crippen LogP contribution >= 0.6 is 23.2 Å². The van der Waals surface area contributed by atoms with Crippen molar-refractivity contribution >= 4 is 45.8 Å². The zero-order chi connectivity index (χ0) is 28.4. The number of ether oxygens (including phenoxy) is 3. The van der Waals surface area contributed by atoms with Gasteiger partial charge in [0, 0.05) is 42.1 Å². The predicted octanol–water partition coefficient (Wildman–Crippen LogP) is 5.08. The summed E-state index contributed by atoms with van der Waals surface area (Å²) in [5.41, 5.74) is 2.73. The summed E-state index contributed by atoms with van der Waals surface area (Å²) in [4.78, 5) is 28.9. The van der Waals surface area contributed by atoms with Crippen molar-refractivity contribution in [1.82, 2.24) is 19.9 Å². The number of rotatable bonds is 10. The van der Waals surface area contributed by atoms with Gasteiger partial charge >= 0.3 is 0 Å². The maximum Gasteiger partial charge on any atom is 0.223 e. The van der Waals surface area contributed by atoms with E-state index in [1.54, 1.807) is 26.5 Å². The molecule has 0 saturated carbocycles. The van der Waals surface area contributed by atoms with Crippen molar-refractivity contribution in [2.45, 2.75) is 25.3 Å². The van der Waals surface area contributed by atoms with Gasteiger partial charge in [0.25, 0.3) is 0 Å². The second-order valence-electron chi connectivity index (χ2n) is 10.4. The number of carbonyl (C=O) groups excluding carboxylic acids is 1. The number of nitrogens with one attached hydrogen (secondary N) is 1. The molecule has 40 heavy (non-hydrogen) atoms. The first-order valence-corrected chi connectivity index (χ1v) is 14.0. The van der Waals surface area contributed by atoms with Crippen LogP contribution in [-0.2, 0) is 16.0 Å². The molecule has 11 heteroatoms. The lowest BCUT2D eigenvalue weighted by Crippen LogP contribution is -2.30. The topological polar surface area (TPSA) is 98.7 Å². The molecule has 3 aromatic rings. The maximum absolute atomic E-state index is 12.0. The minimum atomic E-state index is -0.0811. The highest BCUT2D eigenvalue weighted by molar-refractivity contribution is 6.41. The minimum absolute atomic E-state index is 0.00577. The molecular weight excluding hydrogens is 553 g/mol. The summed E-state index contributed by atoms with van der Waals surface area (Å²) in [7, 11) is 5.22. The molecule has 0 aliphatic carbocycles. The van der Waals surface area contributed by atoms with Crippen LogP contribution < -0.4 is 14.8 Å². The van der Waals surface area contributed by atoms with Crippen LogP contribution in [0.5, 0.6) is 11.5 Å². The second kappa shape index (κ2) is 12.3. The predicted molar refractivity (Wildman–Crippen MR) is 157 cm³/mol. The van der Waals surface area contributed by atoms with E-state index in [1.807, 2.05) is 6.07 Å². The Kier molecular flexibility index (Phi) is 8.75. The molecule has 2 aliphatic heterocycles. The number of aromatic nitrogens is 3. The number of carbonyl (C=O) groups is 1. The summed E-state index contributed by atoms with van der Waals surface area (Å²) >= 11 is 13.5. The van der Waals surface area contributed by atoms with Crippen LogP contribution in [0.25, 0.3) is 22.2 Å². The zero-order valence-corrected chi connectivity index (χ0v) is 24.4. The fraction of sp³-hybridized carbons (Fsp3) is 0.448. The van der Waals surface area contributed by atoms with Crippen LogP contribution in [-0.4, -0.2) is 79.2 Å². The van der Waals surface area contributed by atoms with Crippen molar-refractivity contribution in [2.75, 3.05) is 52.9 Å². The molecule has 1 unspecified atom stereocenters. The molecule has 9 nitrogen and oxygen atoms in total. The van der Waals surface area contributed by atoms with Crippen LogP contribution in [0.1, 0.15) is 18.5 Å². The van der Waals surface area contributed by atoms with E-state index in [0.717, 1.165) is 42.5 Å². The quantitative estimate of drug-likeness (QED) is 0.326. The van der Waals surface area contributed by atoms with E-state index in [1.165, 1.54) is 6.08 Å². The van der Waals surface area contributed by atoms with Crippen LogP contribution in [0, 0.1) is 11.8 Å². The van der Waals surface area contributed by atoms with E-state index in [0.29, 0.717) is 64.3 Å². The summed E-state index contributed by atoms with van der Waals surface area (Å²) in [5, 5.41) is 4.91. The first kappa shape index (κ1) is 28.5. The van der Waals surface area contributed by atoms with Crippen LogP contribution in [0.3, 0.4) is 0 Å². The Morgan fingerprint density at radius 3 is 2.60 bits per heavy atom. The second-order valence-corrected chi connectivity index (χ2v) is 11.2. The van der Waals surface area contributed by atoms with Gasteiger partial charge < -0.3 is 24.4 Å². The lowest BCUT2D eigenvalue weighted by Gasteiger charge is -2.19. The van der Waals surface area contributed by atoms with Gasteiger partial charge in [-0.05, 0) is 44.5 Å². The minimum Gasteiger partial charge on any atom is -0.495 e. The Morgan fingerprint density at radius 1 is 1.20 bits per heavy atom. The average Bonchev–Trinajstić information content (AvgIpc) is 3.56. The first-order chi connectivity index (χ1) is 19.3. The van der Waals surface area contributed by atoms with E-state index in [9.17, 15) is 4.79 Å². The Bertz CT molecular complexity index is 1410. The Labute approximate surface area is 243 Å². The number of fused-ring (bicyclic) bond motifs is 1. The van der Waals surface area contributed by atoms with Crippen molar-refractivity contribution in [3.05, 3.63) is 46.7 Å². The number of nitrogens with zero attached hydrogens (tertiary/aromatic N) is 4. The molecule has 2 aromatic heterocycles. The summed E-state index contributed by atoms with van der Waals surface area (Å²) < 4.78 is 16.6. The molecular formula is C29H33Cl2N5O4. The average molecular weight is 587 g/mol.